The summed E-state index contributed by atoms with van der Waals surface area (Å²) in [5.74, 6) is -7.18. The molecule has 1 unspecified atom stereocenters. The van der Waals surface area contributed by atoms with Crippen LogP contribution >= 0.6 is 0 Å². The Hall–Kier alpha value is -3.23. The summed E-state index contributed by atoms with van der Waals surface area (Å²) < 4.78 is 120. The molecular weight excluding hydrogens is 523 g/mol. The number of aromatic nitrogens is 1. The van der Waals surface area contributed by atoms with E-state index in [4.69, 9.17) is 0 Å². The molecule has 0 spiro atoms. The minimum atomic E-state index is -5.21. The zero-order valence-electron chi connectivity index (χ0n) is 18.2. The van der Waals surface area contributed by atoms with Crippen molar-refractivity contribution in [2.75, 3.05) is 25.1 Å². The summed E-state index contributed by atoms with van der Waals surface area (Å²) in [5, 5.41) is 3.39. The van der Waals surface area contributed by atoms with Gasteiger partial charge in [0.15, 0.2) is 33.0 Å². The number of nitrogens with zero attached hydrogens (tertiary/aromatic N) is 3. The fourth-order valence-electron chi connectivity index (χ4n) is 3.89. The van der Waals surface area contributed by atoms with E-state index in [9.17, 15) is 39.6 Å². The zero-order valence-corrected chi connectivity index (χ0v) is 19.1. The molecule has 15 heteroatoms. The molecule has 0 radical (unpaired) electrons. The minimum Gasteiger partial charge on any atom is -0.374 e. The lowest BCUT2D eigenvalue weighted by molar-refractivity contribution is -0.276. The fraction of sp³-hybridized carbons (Fsp3) is 0.381. The number of carbonyl (C=O) groups is 1. The molecule has 3 heterocycles. The molecule has 1 saturated heterocycles. The Kier molecular flexibility index (Phi) is 6.05. The number of pyridine rings is 1. The van der Waals surface area contributed by atoms with Crippen LogP contribution in [0.1, 0.15) is 23.2 Å². The third-order valence-electron chi connectivity index (χ3n) is 5.81. The van der Waals surface area contributed by atoms with Gasteiger partial charge in [0, 0.05) is 23.6 Å². The summed E-state index contributed by atoms with van der Waals surface area (Å²) in [6, 6.07) is 2.70. The second-order valence-corrected chi connectivity index (χ2v) is 10.7. The van der Waals surface area contributed by atoms with E-state index < -0.39 is 81.5 Å². The number of carbonyl (C=O) groups excluding carboxylic acids is 1. The number of alkyl halides is 4. The van der Waals surface area contributed by atoms with Gasteiger partial charge in [0.1, 0.15) is 5.75 Å². The number of amides is 1. The zero-order chi connectivity index (χ0) is 26.7. The summed E-state index contributed by atoms with van der Waals surface area (Å²) in [6.07, 6.45) is -4.37. The van der Waals surface area contributed by atoms with Gasteiger partial charge in [0.2, 0.25) is 5.91 Å². The van der Waals surface area contributed by atoms with Crippen molar-refractivity contribution in [2.45, 2.75) is 23.9 Å². The molecule has 0 saturated carbocycles. The van der Waals surface area contributed by atoms with Gasteiger partial charge in [-0.1, -0.05) is 5.16 Å². The Bertz CT molecular complexity index is 1330. The lowest BCUT2D eigenvalue weighted by atomic mass is 9.86. The molecule has 2 aromatic rings. The van der Waals surface area contributed by atoms with Crippen LogP contribution in [-0.2, 0) is 30.7 Å². The minimum absolute atomic E-state index is 0.0131. The van der Waals surface area contributed by atoms with Crippen LogP contribution in [0, 0.1) is 17.5 Å². The average molecular weight is 539 g/mol. The molecule has 36 heavy (non-hydrogen) atoms. The lowest BCUT2D eigenvalue weighted by Gasteiger charge is -2.43. The van der Waals surface area contributed by atoms with E-state index in [1.54, 1.807) is 0 Å². The van der Waals surface area contributed by atoms with Crippen LogP contribution in [0.5, 0.6) is 0 Å². The maximum Gasteiger partial charge on any atom is 0.435 e. The predicted octanol–water partition coefficient (Wildman–Crippen LogP) is 3.13. The summed E-state index contributed by atoms with van der Waals surface area (Å²) in [5.41, 5.74) is -6.92. The van der Waals surface area contributed by atoms with Crippen molar-refractivity contribution in [1.82, 2.24) is 9.88 Å². The number of benzene rings is 1. The van der Waals surface area contributed by atoms with Crippen LogP contribution in [0.4, 0.5) is 30.7 Å². The van der Waals surface area contributed by atoms with Gasteiger partial charge >= 0.3 is 6.18 Å². The Morgan fingerprint density at radius 2 is 1.75 bits per heavy atom. The third kappa shape index (κ3) is 4.51. The van der Waals surface area contributed by atoms with Crippen molar-refractivity contribution in [2.24, 2.45) is 5.16 Å². The molecule has 1 fully saturated rings. The molecule has 4 rings (SSSR count). The molecule has 2 aliphatic heterocycles. The molecule has 0 N–H and O–H groups in total. The smallest absolute Gasteiger partial charge is 0.374 e. The monoisotopic (exact) mass is 539 g/mol. The molecule has 194 valence electrons. The van der Waals surface area contributed by atoms with Gasteiger partial charge in [-0.3, -0.25) is 9.78 Å². The number of hydrogen-bond acceptors (Lipinski definition) is 6. The van der Waals surface area contributed by atoms with E-state index in [0.29, 0.717) is 0 Å². The highest BCUT2D eigenvalue weighted by Crippen LogP contribution is 2.49. The average Bonchev–Trinajstić information content (AvgIpc) is 3.21. The number of halogens is 7. The Labute approximate surface area is 199 Å². The number of likely N-dealkylation sites (tertiary alicyclic amines) is 1. The topological polar surface area (TPSA) is 88.9 Å². The van der Waals surface area contributed by atoms with Crippen LogP contribution in [-0.4, -0.2) is 61.2 Å². The van der Waals surface area contributed by atoms with Crippen molar-refractivity contribution >= 4 is 21.5 Å². The van der Waals surface area contributed by atoms with Crippen LogP contribution in [0.2, 0.25) is 0 Å². The van der Waals surface area contributed by atoms with E-state index in [1.165, 1.54) is 6.07 Å². The number of rotatable bonds is 5. The quantitative estimate of drug-likeness (QED) is 0.431. The van der Waals surface area contributed by atoms with Gasteiger partial charge in [-0.15, -0.1) is 0 Å². The maximum absolute atomic E-state index is 15.1. The van der Waals surface area contributed by atoms with E-state index in [0.717, 1.165) is 23.4 Å². The van der Waals surface area contributed by atoms with Crippen molar-refractivity contribution in [3.63, 3.8) is 0 Å². The molecule has 0 bridgehead atoms. The van der Waals surface area contributed by atoms with Crippen LogP contribution < -0.4 is 0 Å². The normalized spacial score (nSPS) is 21.6. The van der Waals surface area contributed by atoms with Gasteiger partial charge in [-0.25, -0.2) is 26.0 Å². The summed E-state index contributed by atoms with van der Waals surface area (Å²) in [6.45, 7) is -0.923. The van der Waals surface area contributed by atoms with Crippen LogP contribution in [0.25, 0.3) is 0 Å². The largest absolute Gasteiger partial charge is 0.435 e. The summed E-state index contributed by atoms with van der Waals surface area (Å²) in [4.78, 5) is 21.4. The first-order chi connectivity index (χ1) is 16.5. The summed E-state index contributed by atoms with van der Waals surface area (Å²) >= 11 is 0. The van der Waals surface area contributed by atoms with E-state index in [-0.39, 0.29) is 29.1 Å². The van der Waals surface area contributed by atoms with Crippen LogP contribution in [0.15, 0.2) is 35.6 Å². The van der Waals surface area contributed by atoms with Gasteiger partial charge in [0.05, 0.1) is 30.9 Å². The molecule has 1 amide bonds. The Morgan fingerprint density at radius 1 is 1.14 bits per heavy atom. The van der Waals surface area contributed by atoms with E-state index in [2.05, 4.69) is 15.0 Å². The number of hydrogen-bond donors (Lipinski definition) is 0. The van der Waals surface area contributed by atoms with Gasteiger partial charge in [-0.2, -0.15) is 13.2 Å². The standard InChI is InChI=1S/C21H16F7N3O4S/c1-36(33,34)8-17(32)31-9-19(25,10-31)16-3-2-11(7-29-16)15-6-20(35-30-15,21(26,27)28)12-4-13(22)18(24)14(23)5-12/h2-5,7H,6,8-10H2,1H3. The second-order valence-electron chi connectivity index (χ2n) is 8.60. The van der Waals surface area contributed by atoms with E-state index in [1.807, 2.05) is 0 Å². The molecule has 1 aromatic heterocycles. The maximum atomic E-state index is 15.1. The molecule has 0 aliphatic carbocycles. The van der Waals surface area contributed by atoms with Gasteiger partial charge in [-0.05, 0) is 24.3 Å². The van der Waals surface area contributed by atoms with Gasteiger partial charge in [0.25, 0.3) is 5.60 Å². The van der Waals surface area contributed by atoms with Crippen molar-refractivity contribution in [3.05, 3.63) is 64.7 Å². The van der Waals surface area contributed by atoms with Crippen molar-refractivity contribution in [3.8, 4) is 0 Å². The number of sulfone groups is 1. The first-order valence-electron chi connectivity index (χ1n) is 10.1. The highest BCUT2D eigenvalue weighted by molar-refractivity contribution is 7.91. The van der Waals surface area contributed by atoms with Crippen molar-refractivity contribution in [1.29, 1.82) is 0 Å². The molecule has 7 nitrogen and oxygen atoms in total. The number of oxime groups is 1. The first kappa shape index (κ1) is 25.9. The second kappa shape index (κ2) is 8.42. The highest BCUT2D eigenvalue weighted by Gasteiger charge is 2.62. The molecule has 2 aliphatic rings. The SMILES string of the molecule is CS(=O)(=O)CC(=O)N1CC(F)(c2ccc(C3=NOC(c4cc(F)c(F)c(F)c4)(C(F)(F)F)C3)cn2)C1. The summed E-state index contributed by atoms with van der Waals surface area (Å²) in [7, 11) is -3.60. The Morgan fingerprint density at radius 3 is 2.25 bits per heavy atom. The molecule has 1 aromatic carbocycles. The van der Waals surface area contributed by atoms with E-state index >= 15 is 4.39 Å². The first-order valence-corrected chi connectivity index (χ1v) is 12.2. The molecule has 1 atom stereocenters. The van der Waals surface area contributed by atoms with Gasteiger partial charge < -0.3 is 9.74 Å². The highest BCUT2D eigenvalue weighted by atomic mass is 32.2. The third-order valence-corrected chi connectivity index (χ3v) is 6.58. The van der Waals surface area contributed by atoms with Crippen LogP contribution in [0.3, 0.4) is 0 Å². The fourth-order valence-corrected chi connectivity index (χ4v) is 4.52. The van der Waals surface area contributed by atoms with Crippen molar-refractivity contribution < 1.29 is 48.8 Å². The lowest BCUT2D eigenvalue weighted by Crippen LogP contribution is -2.60. The molecular formula is C21H16F7N3O4S. The Balaban J connectivity index is 1.52. The predicted molar refractivity (Wildman–Crippen MR) is 110 cm³/mol.